The molecule has 17 heavy (non-hydrogen) atoms. The third-order valence-electron chi connectivity index (χ3n) is 3.50. The first kappa shape index (κ1) is 10.6. The van der Waals surface area contributed by atoms with Crippen molar-refractivity contribution in [2.24, 2.45) is 0 Å². The number of fused-ring (bicyclic) bond motifs is 1. The van der Waals surface area contributed by atoms with Crippen LogP contribution >= 0.6 is 0 Å². The van der Waals surface area contributed by atoms with Gasteiger partial charge in [0.05, 0.1) is 17.3 Å². The summed E-state index contributed by atoms with van der Waals surface area (Å²) in [4.78, 5) is 4.29. The Bertz CT molecular complexity index is 515. The standard InChI is InChI=1S/C13H16N2O2/c16-13(5-1-2-6-13)9-15-12-10-4-8-17-11(10)3-7-14-12/h3-4,7-8,16H,1-2,5-6,9H2,(H,14,15). The number of hydrogen-bond donors (Lipinski definition) is 2. The predicted octanol–water partition coefficient (Wildman–Crippen LogP) is 2.54. The van der Waals surface area contributed by atoms with E-state index in [2.05, 4.69) is 10.3 Å². The van der Waals surface area contributed by atoms with E-state index < -0.39 is 5.60 Å². The van der Waals surface area contributed by atoms with Crippen LogP contribution in [-0.4, -0.2) is 22.2 Å². The first-order chi connectivity index (χ1) is 8.27. The molecule has 0 unspecified atom stereocenters. The predicted molar refractivity (Wildman–Crippen MR) is 65.9 cm³/mol. The zero-order chi connectivity index (χ0) is 11.7. The van der Waals surface area contributed by atoms with Crippen LogP contribution < -0.4 is 5.32 Å². The van der Waals surface area contributed by atoms with E-state index in [0.29, 0.717) is 6.54 Å². The molecule has 2 aromatic heterocycles. The highest BCUT2D eigenvalue weighted by molar-refractivity contribution is 5.87. The second-order valence-corrected chi connectivity index (χ2v) is 4.78. The van der Waals surface area contributed by atoms with Gasteiger partial charge < -0.3 is 14.8 Å². The average molecular weight is 232 g/mol. The van der Waals surface area contributed by atoms with Gasteiger partial charge in [0.25, 0.3) is 0 Å². The fraction of sp³-hybridized carbons (Fsp3) is 0.462. The van der Waals surface area contributed by atoms with E-state index in [4.69, 9.17) is 4.42 Å². The molecule has 1 fully saturated rings. The normalized spacial score (nSPS) is 18.6. The largest absolute Gasteiger partial charge is 0.464 e. The maximum Gasteiger partial charge on any atom is 0.139 e. The van der Waals surface area contributed by atoms with Crippen molar-refractivity contribution in [3.05, 3.63) is 24.6 Å². The number of aliphatic hydroxyl groups is 1. The molecule has 1 aliphatic rings. The van der Waals surface area contributed by atoms with Gasteiger partial charge in [-0.1, -0.05) is 12.8 Å². The monoisotopic (exact) mass is 232 g/mol. The minimum Gasteiger partial charge on any atom is -0.464 e. The summed E-state index contributed by atoms with van der Waals surface area (Å²) >= 11 is 0. The molecule has 0 bridgehead atoms. The zero-order valence-corrected chi connectivity index (χ0v) is 9.65. The minimum atomic E-state index is -0.562. The Labute approximate surface area is 99.7 Å². The number of nitrogens with one attached hydrogen (secondary N) is 1. The Hall–Kier alpha value is -1.55. The fourth-order valence-corrected chi connectivity index (χ4v) is 2.49. The molecule has 3 rings (SSSR count). The average Bonchev–Trinajstić information content (AvgIpc) is 2.95. The lowest BCUT2D eigenvalue weighted by molar-refractivity contribution is 0.0614. The smallest absolute Gasteiger partial charge is 0.139 e. The highest BCUT2D eigenvalue weighted by atomic mass is 16.3. The Morgan fingerprint density at radius 3 is 3.00 bits per heavy atom. The number of hydrogen-bond acceptors (Lipinski definition) is 4. The molecule has 2 heterocycles. The van der Waals surface area contributed by atoms with Gasteiger partial charge in [0, 0.05) is 12.7 Å². The van der Waals surface area contributed by atoms with Crippen molar-refractivity contribution in [2.75, 3.05) is 11.9 Å². The van der Waals surface area contributed by atoms with Crippen molar-refractivity contribution < 1.29 is 9.52 Å². The summed E-state index contributed by atoms with van der Waals surface area (Å²) in [5.41, 5.74) is 0.258. The summed E-state index contributed by atoms with van der Waals surface area (Å²) in [5, 5.41) is 14.5. The summed E-state index contributed by atoms with van der Waals surface area (Å²) in [6.07, 6.45) is 7.35. The lowest BCUT2D eigenvalue weighted by Gasteiger charge is -2.22. The fourth-order valence-electron chi connectivity index (χ4n) is 2.49. The molecule has 90 valence electrons. The number of anilines is 1. The molecular formula is C13H16N2O2. The molecule has 4 heteroatoms. The number of nitrogens with zero attached hydrogens (tertiary/aromatic N) is 1. The summed E-state index contributed by atoms with van der Waals surface area (Å²) in [6, 6.07) is 3.73. The molecule has 1 aliphatic carbocycles. The Morgan fingerprint density at radius 1 is 1.35 bits per heavy atom. The topological polar surface area (TPSA) is 58.3 Å². The Kier molecular flexibility index (Phi) is 2.52. The number of rotatable bonds is 3. The summed E-state index contributed by atoms with van der Waals surface area (Å²) in [5.74, 6) is 0.788. The zero-order valence-electron chi connectivity index (χ0n) is 9.65. The third kappa shape index (κ3) is 2.00. The molecule has 0 amide bonds. The van der Waals surface area contributed by atoms with Crippen molar-refractivity contribution in [1.29, 1.82) is 0 Å². The van der Waals surface area contributed by atoms with Crippen molar-refractivity contribution in [3.8, 4) is 0 Å². The van der Waals surface area contributed by atoms with Crippen LogP contribution in [0.2, 0.25) is 0 Å². The summed E-state index contributed by atoms with van der Waals surface area (Å²) in [7, 11) is 0. The molecule has 0 radical (unpaired) electrons. The molecule has 0 saturated heterocycles. The highest BCUT2D eigenvalue weighted by Gasteiger charge is 2.30. The van der Waals surface area contributed by atoms with E-state index >= 15 is 0 Å². The van der Waals surface area contributed by atoms with Gasteiger partial charge in [0.1, 0.15) is 11.4 Å². The van der Waals surface area contributed by atoms with Gasteiger partial charge in [-0.15, -0.1) is 0 Å². The van der Waals surface area contributed by atoms with Crippen LogP contribution in [0.5, 0.6) is 0 Å². The lowest BCUT2D eigenvalue weighted by Crippen LogP contribution is -2.33. The van der Waals surface area contributed by atoms with Crippen molar-refractivity contribution in [2.45, 2.75) is 31.3 Å². The Balaban J connectivity index is 1.78. The molecule has 0 aromatic carbocycles. The van der Waals surface area contributed by atoms with Gasteiger partial charge in [-0.3, -0.25) is 0 Å². The molecule has 2 aromatic rings. The van der Waals surface area contributed by atoms with Crippen LogP contribution in [0, 0.1) is 0 Å². The van der Waals surface area contributed by atoms with Crippen molar-refractivity contribution in [1.82, 2.24) is 4.98 Å². The molecule has 0 aliphatic heterocycles. The third-order valence-corrected chi connectivity index (χ3v) is 3.50. The van der Waals surface area contributed by atoms with Crippen LogP contribution in [0.3, 0.4) is 0 Å². The lowest BCUT2D eigenvalue weighted by atomic mass is 10.0. The van der Waals surface area contributed by atoms with E-state index in [1.807, 2.05) is 12.1 Å². The van der Waals surface area contributed by atoms with Gasteiger partial charge >= 0.3 is 0 Å². The Morgan fingerprint density at radius 2 is 2.18 bits per heavy atom. The van der Waals surface area contributed by atoms with E-state index in [9.17, 15) is 5.11 Å². The van der Waals surface area contributed by atoms with Gasteiger partial charge in [0.2, 0.25) is 0 Å². The number of furan rings is 1. The highest BCUT2D eigenvalue weighted by Crippen LogP contribution is 2.30. The van der Waals surface area contributed by atoms with Crippen LogP contribution in [0.25, 0.3) is 11.0 Å². The van der Waals surface area contributed by atoms with E-state index in [0.717, 1.165) is 42.5 Å². The van der Waals surface area contributed by atoms with Crippen molar-refractivity contribution >= 4 is 16.8 Å². The minimum absolute atomic E-state index is 0.560. The molecule has 4 nitrogen and oxygen atoms in total. The van der Waals surface area contributed by atoms with Gasteiger partial charge in [0.15, 0.2) is 0 Å². The second kappa shape index (κ2) is 4.04. The van der Waals surface area contributed by atoms with Gasteiger partial charge in [-0.25, -0.2) is 4.98 Å². The second-order valence-electron chi connectivity index (χ2n) is 4.78. The number of aromatic nitrogens is 1. The SMILES string of the molecule is OC1(CNc2nccc3occc23)CCCC1. The molecule has 1 saturated carbocycles. The van der Waals surface area contributed by atoms with E-state index in [1.165, 1.54) is 0 Å². The van der Waals surface area contributed by atoms with Crippen LogP contribution in [0.15, 0.2) is 29.0 Å². The molecular weight excluding hydrogens is 216 g/mol. The van der Waals surface area contributed by atoms with Crippen LogP contribution in [0.1, 0.15) is 25.7 Å². The number of pyridine rings is 1. The van der Waals surface area contributed by atoms with Crippen molar-refractivity contribution in [3.63, 3.8) is 0 Å². The van der Waals surface area contributed by atoms with Crippen LogP contribution in [0.4, 0.5) is 5.82 Å². The molecule has 2 N–H and O–H groups in total. The molecule has 0 spiro atoms. The summed E-state index contributed by atoms with van der Waals surface area (Å²) < 4.78 is 5.31. The van der Waals surface area contributed by atoms with E-state index in [1.54, 1.807) is 12.5 Å². The quantitative estimate of drug-likeness (QED) is 0.853. The van der Waals surface area contributed by atoms with Crippen LogP contribution in [-0.2, 0) is 0 Å². The van der Waals surface area contributed by atoms with E-state index in [-0.39, 0.29) is 0 Å². The molecule has 0 atom stereocenters. The van der Waals surface area contributed by atoms with Gasteiger partial charge in [-0.2, -0.15) is 0 Å². The van der Waals surface area contributed by atoms with Gasteiger partial charge in [-0.05, 0) is 25.0 Å². The maximum absolute atomic E-state index is 10.3. The maximum atomic E-state index is 10.3. The first-order valence-electron chi connectivity index (χ1n) is 6.05. The summed E-state index contributed by atoms with van der Waals surface area (Å²) in [6.45, 7) is 0.560. The first-order valence-corrected chi connectivity index (χ1v) is 6.05.